The molecule has 0 aromatic carbocycles. The van der Waals surface area contributed by atoms with Crippen molar-refractivity contribution < 1.29 is 18.5 Å². The Morgan fingerprint density at radius 2 is 2.24 bits per heavy atom. The zero-order valence-corrected chi connectivity index (χ0v) is 13.5. The number of esters is 1. The van der Waals surface area contributed by atoms with Crippen LogP contribution in [0.1, 0.15) is 5.69 Å². The van der Waals surface area contributed by atoms with E-state index in [4.69, 9.17) is 13.7 Å². The Balaban J connectivity index is 1.32. The number of aromatic nitrogens is 5. The quantitative estimate of drug-likeness (QED) is 0.484. The van der Waals surface area contributed by atoms with Crippen LogP contribution in [0.3, 0.4) is 0 Å². The van der Waals surface area contributed by atoms with E-state index in [0.29, 0.717) is 23.0 Å². The van der Waals surface area contributed by atoms with Crippen LogP contribution in [0.15, 0.2) is 50.9 Å². The summed E-state index contributed by atoms with van der Waals surface area (Å²) < 4.78 is 15.5. The van der Waals surface area contributed by atoms with Gasteiger partial charge in [0.2, 0.25) is 11.6 Å². The van der Waals surface area contributed by atoms with E-state index >= 15 is 0 Å². The normalized spacial score (nSPS) is 10.9. The van der Waals surface area contributed by atoms with Crippen LogP contribution in [-0.2, 0) is 22.7 Å². The summed E-state index contributed by atoms with van der Waals surface area (Å²) in [7, 11) is 0. The minimum atomic E-state index is -0.502. The van der Waals surface area contributed by atoms with Gasteiger partial charge < -0.3 is 13.7 Å². The monoisotopic (exact) mass is 357 g/mol. The van der Waals surface area contributed by atoms with Crippen LogP contribution < -0.4 is 0 Å². The molecule has 0 aliphatic heterocycles. The second kappa shape index (κ2) is 6.69. The molecule has 0 aliphatic carbocycles. The van der Waals surface area contributed by atoms with E-state index in [1.54, 1.807) is 18.2 Å². The van der Waals surface area contributed by atoms with Crippen molar-refractivity contribution in [3.8, 4) is 22.2 Å². The second-order valence-electron chi connectivity index (χ2n) is 4.94. The van der Waals surface area contributed by atoms with Crippen molar-refractivity contribution in [1.29, 1.82) is 0 Å². The van der Waals surface area contributed by atoms with Crippen LogP contribution in [0.2, 0.25) is 0 Å². The van der Waals surface area contributed by atoms with Gasteiger partial charge in [0.1, 0.15) is 12.3 Å². The smallest absolute Gasteiger partial charge is 0.330 e. The lowest BCUT2D eigenvalue weighted by molar-refractivity contribution is -0.146. The highest BCUT2D eigenvalue weighted by atomic mass is 32.1. The van der Waals surface area contributed by atoms with Crippen molar-refractivity contribution in [2.75, 3.05) is 0 Å². The largest absolute Gasteiger partial charge is 0.461 e. The molecule has 9 nitrogen and oxygen atoms in total. The summed E-state index contributed by atoms with van der Waals surface area (Å²) in [6.07, 6.45) is 1.53. The van der Waals surface area contributed by atoms with E-state index in [2.05, 4.69) is 20.6 Å². The standard InChI is InChI=1S/C15H11N5O4S/c21-14(8-20-17-15(16-19-20)13-4-2-6-25-13)23-9-10-7-12(24-18-10)11-3-1-5-22-11/h1-7H,8-9H2. The Morgan fingerprint density at radius 1 is 1.28 bits per heavy atom. The first-order valence-corrected chi connectivity index (χ1v) is 8.13. The number of furan rings is 1. The van der Waals surface area contributed by atoms with Crippen molar-refractivity contribution in [1.82, 2.24) is 25.4 Å². The fourth-order valence-electron chi connectivity index (χ4n) is 2.04. The van der Waals surface area contributed by atoms with Crippen molar-refractivity contribution in [2.45, 2.75) is 13.2 Å². The lowest BCUT2D eigenvalue weighted by Crippen LogP contribution is -2.15. The predicted octanol–water partition coefficient (Wildman–Crippen LogP) is 2.39. The highest BCUT2D eigenvalue weighted by Gasteiger charge is 2.13. The van der Waals surface area contributed by atoms with Gasteiger partial charge in [-0.3, -0.25) is 0 Å². The number of hydrogen-bond donors (Lipinski definition) is 0. The molecule has 4 rings (SSSR count). The van der Waals surface area contributed by atoms with Crippen LogP contribution in [0.25, 0.3) is 22.2 Å². The third-order valence-electron chi connectivity index (χ3n) is 3.17. The van der Waals surface area contributed by atoms with Gasteiger partial charge in [-0.2, -0.15) is 4.80 Å². The molecule has 4 aromatic rings. The lowest BCUT2D eigenvalue weighted by atomic mass is 10.3. The van der Waals surface area contributed by atoms with E-state index in [9.17, 15) is 4.79 Å². The molecule has 25 heavy (non-hydrogen) atoms. The first kappa shape index (κ1) is 15.3. The van der Waals surface area contributed by atoms with Crippen LogP contribution in [-0.4, -0.2) is 31.3 Å². The Morgan fingerprint density at radius 3 is 3.04 bits per heavy atom. The maximum atomic E-state index is 11.9. The average molecular weight is 357 g/mol. The number of tetrazole rings is 1. The zero-order valence-electron chi connectivity index (χ0n) is 12.7. The minimum absolute atomic E-state index is 0.0183. The molecule has 0 saturated heterocycles. The van der Waals surface area contributed by atoms with Gasteiger partial charge in [0.25, 0.3) is 0 Å². The highest BCUT2D eigenvalue weighted by molar-refractivity contribution is 7.13. The number of carbonyl (C=O) groups excluding carboxylic acids is 1. The molecule has 0 amide bonds. The summed E-state index contributed by atoms with van der Waals surface area (Å²) in [6, 6.07) is 8.91. The molecule has 4 heterocycles. The second-order valence-corrected chi connectivity index (χ2v) is 5.89. The zero-order chi connectivity index (χ0) is 17.1. The Bertz CT molecular complexity index is 958. The molecule has 0 radical (unpaired) electrons. The predicted molar refractivity (Wildman–Crippen MR) is 85.1 cm³/mol. The number of thiophene rings is 1. The molecule has 0 aliphatic rings. The molecule has 0 N–H and O–H groups in total. The van der Waals surface area contributed by atoms with Gasteiger partial charge in [-0.25, -0.2) is 4.79 Å². The molecule has 0 atom stereocenters. The fraction of sp³-hybridized carbons (Fsp3) is 0.133. The molecule has 0 bridgehead atoms. The van der Waals surface area contributed by atoms with Crippen molar-refractivity contribution >= 4 is 17.3 Å². The molecule has 0 fully saturated rings. The number of carbonyl (C=O) groups is 1. The first-order chi connectivity index (χ1) is 12.3. The van der Waals surface area contributed by atoms with Gasteiger partial charge in [0.05, 0.1) is 11.1 Å². The van der Waals surface area contributed by atoms with E-state index < -0.39 is 5.97 Å². The molecule has 10 heteroatoms. The summed E-state index contributed by atoms with van der Waals surface area (Å²) in [6.45, 7) is -0.156. The minimum Gasteiger partial charge on any atom is -0.461 e. The van der Waals surface area contributed by atoms with Crippen molar-refractivity contribution in [3.05, 3.63) is 47.7 Å². The SMILES string of the molecule is O=C(Cn1nnc(-c2cccs2)n1)OCc1cc(-c2ccco2)on1. The number of nitrogens with zero attached hydrogens (tertiary/aromatic N) is 5. The van der Waals surface area contributed by atoms with Gasteiger partial charge in [-0.05, 0) is 28.8 Å². The summed E-state index contributed by atoms with van der Waals surface area (Å²) in [5.74, 6) is 0.993. The lowest BCUT2D eigenvalue weighted by Gasteiger charge is -2.00. The summed E-state index contributed by atoms with van der Waals surface area (Å²) >= 11 is 1.50. The van der Waals surface area contributed by atoms with E-state index in [-0.39, 0.29) is 13.2 Å². The maximum absolute atomic E-state index is 11.9. The fourth-order valence-corrected chi connectivity index (χ4v) is 2.69. The van der Waals surface area contributed by atoms with Crippen molar-refractivity contribution in [3.63, 3.8) is 0 Å². The molecule has 4 aromatic heterocycles. The van der Waals surface area contributed by atoms with E-state index in [1.165, 1.54) is 22.4 Å². The molecular formula is C15H11N5O4S. The maximum Gasteiger partial charge on any atom is 0.330 e. The van der Waals surface area contributed by atoms with Crippen LogP contribution >= 0.6 is 11.3 Å². The molecule has 0 saturated carbocycles. The topological polar surface area (TPSA) is 109 Å². The van der Waals surface area contributed by atoms with Crippen molar-refractivity contribution in [2.24, 2.45) is 0 Å². The van der Waals surface area contributed by atoms with Gasteiger partial charge in [-0.1, -0.05) is 11.2 Å². The van der Waals surface area contributed by atoms with Crippen LogP contribution in [0, 0.1) is 0 Å². The van der Waals surface area contributed by atoms with Crippen LogP contribution in [0.5, 0.6) is 0 Å². The Hall–Kier alpha value is -3.27. The summed E-state index contributed by atoms with van der Waals surface area (Å²) in [4.78, 5) is 14.0. The molecular weight excluding hydrogens is 346 g/mol. The summed E-state index contributed by atoms with van der Waals surface area (Å²) in [5, 5.41) is 17.6. The van der Waals surface area contributed by atoms with E-state index in [1.807, 2.05) is 17.5 Å². The average Bonchev–Trinajstić information content (AvgIpc) is 3.40. The molecule has 0 unspecified atom stereocenters. The third-order valence-corrected chi connectivity index (χ3v) is 4.03. The number of ether oxygens (including phenoxy) is 1. The molecule has 126 valence electrons. The van der Waals surface area contributed by atoms with Gasteiger partial charge in [0, 0.05) is 6.07 Å². The highest BCUT2D eigenvalue weighted by Crippen LogP contribution is 2.21. The van der Waals surface area contributed by atoms with Gasteiger partial charge in [-0.15, -0.1) is 21.5 Å². The van der Waals surface area contributed by atoms with Gasteiger partial charge in [0.15, 0.2) is 12.3 Å². The number of hydrogen-bond acceptors (Lipinski definition) is 9. The van der Waals surface area contributed by atoms with Crippen LogP contribution in [0.4, 0.5) is 0 Å². The third kappa shape index (κ3) is 3.48. The van der Waals surface area contributed by atoms with E-state index in [0.717, 1.165) is 4.88 Å². The molecule has 0 spiro atoms. The number of rotatable bonds is 6. The Labute approximate surface area is 144 Å². The van der Waals surface area contributed by atoms with Gasteiger partial charge >= 0.3 is 5.97 Å². The summed E-state index contributed by atoms with van der Waals surface area (Å²) in [5.41, 5.74) is 0.477. The first-order valence-electron chi connectivity index (χ1n) is 7.25. The Kier molecular flexibility index (Phi) is 4.09.